The van der Waals surface area contributed by atoms with Crippen LogP contribution in [0.2, 0.25) is 0 Å². The topological polar surface area (TPSA) is 78.0 Å². The number of nitrogens with one attached hydrogen (secondary N) is 3. The van der Waals surface area contributed by atoms with Gasteiger partial charge in [-0.2, -0.15) is 0 Å². The maximum Gasteiger partial charge on any atom is 0.243 e. The molecule has 0 spiro atoms. The van der Waals surface area contributed by atoms with Crippen molar-refractivity contribution in [1.82, 2.24) is 15.5 Å². The van der Waals surface area contributed by atoms with E-state index in [2.05, 4.69) is 38.0 Å². The fourth-order valence-corrected chi connectivity index (χ4v) is 3.19. The first-order valence-corrected chi connectivity index (χ1v) is 10.0. The zero-order chi connectivity index (χ0) is 21.2. The first-order chi connectivity index (χ1) is 14.6. The molecule has 1 aliphatic rings. The minimum atomic E-state index is -0.343. The summed E-state index contributed by atoms with van der Waals surface area (Å²) in [6.07, 6.45) is 0. The first kappa shape index (κ1) is 21.7. The molecule has 0 aliphatic carbocycles. The van der Waals surface area contributed by atoms with E-state index in [4.69, 9.17) is 4.74 Å². The number of guanidine groups is 1. The van der Waals surface area contributed by atoms with Crippen LogP contribution in [0.1, 0.15) is 11.1 Å². The summed E-state index contributed by atoms with van der Waals surface area (Å²) in [6.45, 7) is 4.95. The van der Waals surface area contributed by atoms with E-state index in [1.807, 2.05) is 12.1 Å². The largest absolute Gasteiger partial charge is 0.379 e. The number of halogens is 1. The van der Waals surface area contributed by atoms with E-state index in [9.17, 15) is 9.18 Å². The summed E-state index contributed by atoms with van der Waals surface area (Å²) < 4.78 is 18.4. The van der Waals surface area contributed by atoms with E-state index in [1.165, 1.54) is 35.4 Å². The number of carbonyl (C=O) groups is 1. The second kappa shape index (κ2) is 11.3. The third kappa shape index (κ3) is 6.82. The second-order valence-electron chi connectivity index (χ2n) is 6.99. The van der Waals surface area contributed by atoms with Crippen LogP contribution in [0.4, 0.5) is 10.1 Å². The minimum Gasteiger partial charge on any atom is -0.379 e. The Bertz CT molecular complexity index is 851. The van der Waals surface area contributed by atoms with E-state index in [0.717, 1.165) is 32.8 Å². The van der Waals surface area contributed by atoms with E-state index in [0.29, 0.717) is 18.2 Å². The summed E-state index contributed by atoms with van der Waals surface area (Å²) in [5.74, 6) is -0.0488. The molecule has 0 aromatic heterocycles. The highest BCUT2D eigenvalue weighted by Crippen LogP contribution is 2.13. The highest BCUT2D eigenvalue weighted by atomic mass is 19.1. The van der Waals surface area contributed by atoms with Gasteiger partial charge in [-0.1, -0.05) is 24.3 Å². The summed E-state index contributed by atoms with van der Waals surface area (Å²) >= 11 is 0. The van der Waals surface area contributed by atoms with Crippen LogP contribution in [0.25, 0.3) is 0 Å². The first-order valence-electron chi connectivity index (χ1n) is 10.0. The molecule has 30 heavy (non-hydrogen) atoms. The monoisotopic (exact) mass is 413 g/mol. The molecule has 1 fully saturated rings. The number of carbonyl (C=O) groups excluding carboxylic acids is 1. The van der Waals surface area contributed by atoms with E-state index < -0.39 is 0 Å². The van der Waals surface area contributed by atoms with Crippen molar-refractivity contribution in [3.63, 3.8) is 0 Å². The normalized spacial score (nSPS) is 14.9. The van der Waals surface area contributed by atoms with E-state index in [-0.39, 0.29) is 18.3 Å². The van der Waals surface area contributed by atoms with Crippen LogP contribution in [0.3, 0.4) is 0 Å². The molecular formula is C22H28FN5O2. The van der Waals surface area contributed by atoms with Crippen LogP contribution in [0.15, 0.2) is 53.5 Å². The number of hydrogen-bond acceptors (Lipinski definition) is 4. The highest BCUT2D eigenvalue weighted by molar-refractivity contribution is 5.94. The van der Waals surface area contributed by atoms with Crippen LogP contribution in [0.5, 0.6) is 0 Å². The van der Waals surface area contributed by atoms with Crippen molar-refractivity contribution in [1.29, 1.82) is 0 Å². The number of nitrogens with zero attached hydrogens (tertiary/aromatic N) is 2. The number of amides is 1. The lowest BCUT2D eigenvalue weighted by molar-refractivity contribution is -0.115. The number of aliphatic imine (C=N–C) groups is 1. The fourth-order valence-electron chi connectivity index (χ4n) is 3.19. The van der Waals surface area contributed by atoms with Crippen molar-refractivity contribution in [2.75, 3.05) is 45.2 Å². The van der Waals surface area contributed by atoms with Crippen molar-refractivity contribution in [3.05, 3.63) is 65.5 Å². The van der Waals surface area contributed by atoms with Gasteiger partial charge in [-0.05, 0) is 35.4 Å². The number of anilines is 1. The van der Waals surface area contributed by atoms with Gasteiger partial charge in [-0.3, -0.25) is 14.7 Å². The number of hydrogen-bond donors (Lipinski definition) is 3. The Morgan fingerprint density at radius 1 is 1.07 bits per heavy atom. The number of ether oxygens (including phenoxy) is 1. The quantitative estimate of drug-likeness (QED) is 0.478. The second-order valence-corrected chi connectivity index (χ2v) is 6.99. The zero-order valence-electron chi connectivity index (χ0n) is 17.2. The number of morpholine rings is 1. The molecule has 8 heteroatoms. The molecule has 0 saturated carbocycles. The van der Waals surface area contributed by atoms with Crippen LogP contribution in [0, 0.1) is 5.82 Å². The third-order valence-corrected chi connectivity index (χ3v) is 4.83. The standard InChI is InChI=1S/C22H28FN5O2/c1-24-22(26-15-21(29)27-20-8-6-19(23)7-9-20)25-14-17-4-2-3-5-18(17)16-28-10-12-30-13-11-28/h2-9H,10-16H2,1H3,(H,27,29)(H2,24,25,26). The summed E-state index contributed by atoms with van der Waals surface area (Å²) in [4.78, 5) is 18.7. The average molecular weight is 413 g/mol. The molecule has 2 aromatic carbocycles. The molecular weight excluding hydrogens is 385 g/mol. The summed E-state index contributed by atoms with van der Waals surface area (Å²) in [5, 5.41) is 8.96. The van der Waals surface area contributed by atoms with E-state index >= 15 is 0 Å². The van der Waals surface area contributed by atoms with Gasteiger partial charge in [0.15, 0.2) is 5.96 Å². The van der Waals surface area contributed by atoms with Crippen LogP contribution < -0.4 is 16.0 Å². The molecule has 3 N–H and O–H groups in total. The molecule has 160 valence electrons. The van der Waals surface area contributed by atoms with Gasteiger partial charge in [0.2, 0.25) is 5.91 Å². The Hall–Kier alpha value is -2.97. The molecule has 2 aromatic rings. The van der Waals surface area contributed by atoms with Crippen LogP contribution in [-0.2, 0) is 22.6 Å². The smallest absolute Gasteiger partial charge is 0.243 e. The van der Waals surface area contributed by atoms with Gasteiger partial charge >= 0.3 is 0 Å². The van der Waals surface area contributed by atoms with Gasteiger partial charge in [0.05, 0.1) is 19.8 Å². The Balaban J connectivity index is 1.48. The van der Waals surface area contributed by atoms with Crippen molar-refractivity contribution in [2.45, 2.75) is 13.1 Å². The number of benzene rings is 2. The maximum absolute atomic E-state index is 13.0. The van der Waals surface area contributed by atoms with Crippen LogP contribution in [-0.4, -0.2) is 56.7 Å². The molecule has 1 heterocycles. The molecule has 1 amide bonds. The lowest BCUT2D eigenvalue weighted by atomic mass is 10.1. The van der Waals surface area contributed by atoms with Gasteiger partial charge in [-0.25, -0.2) is 4.39 Å². The Morgan fingerprint density at radius 2 is 1.77 bits per heavy atom. The molecule has 0 radical (unpaired) electrons. The molecule has 0 atom stereocenters. The number of rotatable bonds is 7. The molecule has 1 saturated heterocycles. The summed E-state index contributed by atoms with van der Waals surface area (Å²) in [5.41, 5.74) is 2.99. The Kier molecular flexibility index (Phi) is 8.17. The predicted molar refractivity (Wildman–Crippen MR) is 116 cm³/mol. The maximum atomic E-state index is 13.0. The molecule has 0 unspecified atom stereocenters. The SMILES string of the molecule is CN=C(NCC(=O)Nc1ccc(F)cc1)NCc1ccccc1CN1CCOCC1. The Labute approximate surface area is 176 Å². The zero-order valence-corrected chi connectivity index (χ0v) is 17.2. The average Bonchev–Trinajstić information content (AvgIpc) is 2.77. The molecule has 3 rings (SSSR count). The summed E-state index contributed by atoms with van der Waals surface area (Å²) in [6, 6.07) is 13.9. The van der Waals surface area contributed by atoms with Crippen molar-refractivity contribution < 1.29 is 13.9 Å². The van der Waals surface area contributed by atoms with Gasteiger partial charge in [0.25, 0.3) is 0 Å². The molecule has 7 nitrogen and oxygen atoms in total. The molecule has 1 aliphatic heterocycles. The third-order valence-electron chi connectivity index (χ3n) is 4.83. The van der Waals surface area contributed by atoms with Gasteiger partial charge in [0.1, 0.15) is 5.82 Å². The molecule has 0 bridgehead atoms. The van der Waals surface area contributed by atoms with Crippen molar-refractivity contribution in [3.8, 4) is 0 Å². The highest BCUT2D eigenvalue weighted by Gasteiger charge is 2.13. The van der Waals surface area contributed by atoms with Gasteiger partial charge < -0.3 is 20.7 Å². The lowest BCUT2D eigenvalue weighted by Gasteiger charge is -2.27. The fraction of sp³-hybridized carbons (Fsp3) is 0.364. The Morgan fingerprint density at radius 3 is 2.47 bits per heavy atom. The van der Waals surface area contributed by atoms with Crippen molar-refractivity contribution in [2.24, 2.45) is 4.99 Å². The van der Waals surface area contributed by atoms with E-state index in [1.54, 1.807) is 7.05 Å². The van der Waals surface area contributed by atoms with Gasteiger partial charge in [0, 0.05) is 38.9 Å². The lowest BCUT2D eigenvalue weighted by Crippen LogP contribution is -2.41. The summed E-state index contributed by atoms with van der Waals surface area (Å²) in [7, 11) is 1.66. The van der Waals surface area contributed by atoms with Crippen LogP contribution >= 0.6 is 0 Å². The minimum absolute atomic E-state index is 0.0481. The van der Waals surface area contributed by atoms with Gasteiger partial charge in [-0.15, -0.1) is 0 Å². The van der Waals surface area contributed by atoms with Crippen molar-refractivity contribution >= 4 is 17.6 Å². The predicted octanol–water partition coefficient (Wildman–Crippen LogP) is 1.96.